The quantitative estimate of drug-likeness (QED) is 0.711. The van der Waals surface area contributed by atoms with Crippen molar-refractivity contribution < 1.29 is 4.79 Å². The zero-order valence-electron chi connectivity index (χ0n) is 15.6. The van der Waals surface area contributed by atoms with E-state index in [9.17, 15) is 4.79 Å². The third kappa shape index (κ3) is 4.00. The lowest BCUT2D eigenvalue weighted by molar-refractivity contribution is 0.0707. The van der Waals surface area contributed by atoms with Crippen molar-refractivity contribution in [2.45, 2.75) is 48.0 Å². The van der Waals surface area contributed by atoms with Gasteiger partial charge in [0.25, 0.3) is 5.91 Å². The molecule has 0 unspecified atom stereocenters. The van der Waals surface area contributed by atoms with Crippen molar-refractivity contribution >= 4 is 27.5 Å². The smallest absolute Gasteiger partial charge is 0.272 e. The van der Waals surface area contributed by atoms with Crippen molar-refractivity contribution in [2.24, 2.45) is 11.8 Å². The minimum atomic E-state index is 0.0826. The van der Waals surface area contributed by atoms with E-state index in [0.29, 0.717) is 17.5 Å². The number of fused-ring (bicyclic) bond motifs is 1. The summed E-state index contributed by atoms with van der Waals surface area (Å²) in [4.78, 5) is 20.1. The molecule has 0 saturated carbocycles. The van der Waals surface area contributed by atoms with E-state index in [4.69, 9.17) is 4.98 Å². The Morgan fingerprint density at radius 1 is 1.25 bits per heavy atom. The van der Waals surface area contributed by atoms with E-state index in [2.05, 4.69) is 50.5 Å². The van der Waals surface area contributed by atoms with Gasteiger partial charge in [-0.25, -0.2) is 4.98 Å². The lowest BCUT2D eigenvalue weighted by Gasteiger charge is -2.26. The lowest BCUT2D eigenvalue weighted by atomic mass is 10.1. The molecule has 2 aromatic rings. The number of pyridine rings is 1. The van der Waals surface area contributed by atoms with Gasteiger partial charge < -0.3 is 4.90 Å². The van der Waals surface area contributed by atoms with Gasteiger partial charge in [0.1, 0.15) is 11.3 Å². The number of imidazole rings is 1. The second kappa shape index (κ2) is 7.68. The Bertz CT molecular complexity index is 724. The molecular formula is C19H28BrN3O. The summed E-state index contributed by atoms with van der Waals surface area (Å²) in [5, 5.41) is 0. The van der Waals surface area contributed by atoms with E-state index in [1.54, 1.807) is 0 Å². The summed E-state index contributed by atoms with van der Waals surface area (Å²) < 4.78 is 2.91. The Morgan fingerprint density at radius 2 is 1.83 bits per heavy atom. The second-order valence-corrected chi connectivity index (χ2v) is 8.21. The van der Waals surface area contributed by atoms with Gasteiger partial charge in [-0.05, 0) is 52.7 Å². The molecule has 2 rings (SSSR count). The number of carbonyl (C=O) groups excluding carboxylic acids is 1. The molecule has 0 aliphatic carbocycles. The van der Waals surface area contributed by atoms with E-state index in [1.807, 2.05) is 28.5 Å². The molecule has 0 spiro atoms. The number of amides is 1. The van der Waals surface area contributed by atoms with Gasteiger partial charge in [-0.15, -0.1) is 0 Å². The number of aryl methyl sites for hydroxylation is 2. The number of halogens is 1. The Hall–Kier alpha value is -1.36. The Labute approximate surface area is 153 Å². The van der Waals surface area contributed by atoms with Crippen molar-refractivity contribution in [2.75, 3.05) is 13.1 Å². The van der Waals surface area contributed by atoms with Gasteiger partial charge in [-0.1, -0.05) is 34.6 Å². The molecule has 0 bridgehead atoms. The van der Waals surface area contributed by atoms with E-state index in [-0.39, 0.29) is 5.91 Å². The third-order valence-corrected chi connectivity index (χ3v) is 4.37. The summed E-state index contributed by atoms with van der Waals surface area (Å²) in [7, 11) is 0. The molecule has 0 aliphatic heterocycles. The van der Waals surface area contributed by atoms with Crippen molar-refractivity contribution in [3.8, 4) is 0 Å². The summed E-state index contributed by atoms with van der Waals surface area (Å²) in [5.74, 6) is 0.954. The SMILES string of the molecule is CCc1nc2c(C)cc(Br)cn2c1C(=O)N(CC(C)C)CC(C)C. The Balaban J connectivity index is 2.57. The van der Waals surface area contributed by atoms with Crippen LogP contribution in [0.4, 0.5) is 0 Å². The van der Waals surface area contributed by atoms with Crippen molar-refractivity contribution in [3.05, 3.63) is 33.7 Å². The van der Waals surface area contributed by atoms with Gasteiger partial charge in [-0.2, -0.15) is 0 Å². The van der Waals surface area contributed by atoms with Crippen LogP contribution in [0.5, 0.6) is 0 Å². The summed E-state index contributed by atoms with van der Waals surface area (Å²) in [6, 6.07) is 2.04. The first-order chi connectivity index (χ1) is 11.2. The predicted molar refractivity (Wildman–Crippen MR) is 103 cm³/mol. The summed E-state index contributed by atoms with van der Waals surface area (Å²) in [6.45, 7) is 14.2. The first-order valence-corrected chi connectivity index (χ1v) is 9.50. The van der Waals surface area contributed by atoms with Gasteiger partial charge in [0, 0.05) is 23.8 Å². The van der Waals surface area contributed by atoms with E-state index < -0.39 is 0 Å². The molecule has 132 valence electrons. The molecule has 5 heteroatoms. The van der Waals surface area contributed by atoms with Crippen LogP contribution in [0.3, 0.4) is 0 Å². The third-order valence-electron chi connectivity index (χ3n) is 3.94. The predicted octanol–water partition coefficient (Wildman–Crippen LogP) is 4.72. The minimum absolute atomic E-state index is 0.0826. The molecule has 4 nitrogen and oxygen atoms in total. The van der Waals surface area contributed by atoms with Gasteiger partial charge in [0.15, 0.2) is 0 Å². The lowest BCUT2D eigenvalue weighted by Crippen LogP contribution is -2.38. The van der Waals surface area contributed by atoms with Crippen LogP contribution in [-0.2, 0) is 6.42 Å². The molecule has 0 saturated heterocycles. The summed E-state index contributed by atoms with van der Waals surface area (Å²) >= 11 is 3.54. The molecule has 0 aliphatic rings. The maximum absolute atomic E-state index is 13.3. The first kappa shape index (κ1) is 19.0. The molecule has 0 fully saturated rings. The molecule has 0 radical (unpaired) electrons. The molecular weight excluding hydrogens is 366 g/mol. The van der Waals surface area contributed by atoms with Gasteiger partial charge in [0.05, 0.1) is 5.69 Å². The highest BCUT2D eigenvalue weighted by Gasteiger charge is 2.25. The van der Waals surface area contributed by atoms with E-state index >= 15 is 0 Å². The zero-order valence-corrected chi connectivity index (χ0v) is 17.1. The molecule has 0 atom stereocenters. The number of hydrogen-bond acceptors (Lipinski definition) is 2. The van der Waals surface area contributed by atoms with Gasteiger partial charge in [0.2, 0.25) is 0 Å². The number of hydrogen-bond donors (Lipinski definition) is 0. The Kier molecular flexibility index (Phi) is 6.07. The monoisotopic (exact) mass is 393 g/mol. The van der Waals surface area contributed by atoms with Crippen LogP contribution in [0.25, 0.3) is 5.65 Å². The number of rotatable bonds is 6. The van der Waals surface area contributed by atoms with Crippen LogP contribution in [0, 0.1) is 18.8 Å². The molecule has 24 heavy (non-hydrogen) atoms. The normalized spacial score (nSPS) is 11.7. The van der Waals surface area contributed by atoms with Crippen LogP contribution in [0.15, 0.2) is 16.7 Å². The topological polar surface area (TPSA) is 37.6 Å². The summed E-state index contributed by atoms with van der Waals surface area (Å²) in [6.07, 6.45) is 2.70. The second-order valence-electron chi connectivity index (χ2n) is 7.29. The first-order valence-electron chi connectivity index (χ1n) is 8.70. The fraction of sp³-hybridized carbons (Fsp3) is 0.579. The minimum Gasteiger partial charge on any atom is -0.337 e. The fourth-order valence-corrected chi connectivity index (χ4v) is 3.61. The molecule has 0 aromatic carbocycles. The largest absolute Gasteiger partial charge is 0.337 e. The number of nitrogens with zero attached hydrogens (tertiary/aromatic N) is 3. The van der Waals surface area contributed by atoms with Crippen molar-refractivity contribution in [1.82, 2.24) is 14.3 Å². The zero-order chi connectivity index (χ0) is 18.0. The highest BCUT2D eigenvalue weighted by Crippen LogP contribution is 2.23. The van der Waals surface area contributed by atoms with Crippen LogP contribution in [-0.4, -0.2) is 33.3 Å². The number of aromatic nitrogens is 2. The molecule has 2 heterocycles. The molecule has 0 N–H and O–H groups in total. The summed E-state index contributed by atoms with van der Waals surface area (Å²) in [5.41, 5.74) is 3.52. The van der Waals surface area contributed by atoms with Gasteiger partial charge in [-0.3, -0.25) is 9.20 Å². The highest BCUT2D eigenvalue weighted by molar-refractivity contribution is 9.10. The maximum Gasteiger partial charge on any atom is 0.272 e. The van der Waals surface area contributed by atoms with Crippen LogP contribution in [0.1, 0.15) is 56.4 Å². The number of carbonyl (C=O) groups is 1. The molecule has 2 aromatic heterocycles. The highest BCUT2D eigenvalue weighted by atomic mass is 79.9. The van der Waals surface area contributed by atoms with E-state index in [1.165, 1.54) is 0 Å². The maximum atomic E-state index is 13.3. The van der Waals surface area contributed by atoms with Crippen LogP contribution < -0.4 is 0 Å². The van der Waals surface area contributed by atoms with Crippen LogP contribution >= 0.6 is 15.9 Å². The van der Waals surface area contributed by atoms with Crippen molar-refractivity contribution in [3.63, 3.8) is 0 Å². The van der Waals surface area contributed by atoms with E-state index in [0.717, 1.165) is 40.9 Å². The van der Waals surface area contributed by atoms with Crippen LogP contribution in [0.2, 0.25) is 0 Å². The average molecular weight is 394 g/mol. The van der Waals surface area contributed by atoms with Crippen molar-refractivity contribution in [1.29, 1.82) is 0 Å². The average Bonchev–Trinajstić information content (AvgIpc) is 2.83. The molecule has 1 amide bonds. The Morgan fingerprint density at radius 3 is 2.33 bits per heavy atom. The fourth-order valence-electron chi connectivity index (χ4n) is 3.06. The standard InChI is InChI=1S/C19H28BrN3O/c1-7-16-17(19(24)22(9-12(2)3)10-13(4)5)23-11-15(20)8-14(6)18(23)21-16/h8,11-13H,7,9-10H2,1-6H3. The van der Waals surface area contributed by atoms with Gasteiger partial charge >= 0.3 is 0 Å².